The second-order valence-corrected chi connectivity index (χ2v) is 5.00. The van der Waals surface area contributed by atoms with E-state index >= 15 is 0 Å². The van der Waals surface area contributed by atoms with Crippen LogP contribution >= 0.6 is 0 Å². The topological polar surface area (TPSA) is 75.5 Å². The van der Waals surface area contributed by atoms with Crippen molar-refractivity contribution in [3.63, 3.8) is 0 Å². The summed E-state index contributed by atoms with van der Waals surface area (Å²) < 4.78 is 44.2. The van der Waals surface area contributed by atoms with E-state index in [4.69, 9.17) is 9.84 Å². The summed E-state index contributed by atoms with van der Waals surface area (Å²) in [6, 6.07) is 4.10. The monoisotopic (exact) mass is 327 g/mol. The average molecular weight is 327 g/mol. The molecular formula is C14H12F3N3O3. The molecule has 0 atom stereocenters. The van der Waals surface area contributed by atoms with Gasteiger partial charge in [0.05, 0.1) is 18.8 Å². The van der Waals surface area contributed by atoms with Gasteiger partial charge >= 0.3 is 12.1 Å². The number of hydrogen-bond acceptors (Lipinski definition) is 5. The molecule has 1 aliphatic rings. The number of nitrogens with zero attached hydrogens (tertiary/aromatic N) is 3. The standard InChI is InChI=1S/C14H12F3N3O3/c15-14(16,17)11-9(13(21)22)7-8-1-2-10(18-12(8)19-11)20-3-5-23-6-4-20/h1-2,7H,3-6H2,(H,21,22). The van der Waals surface area contributed by atoms with Gasteiger partial charge in [-0.15, -0.1) is 0 Å². The number of carboxylic acids is 1. The minimum Gasteiger partial charge on any atom is -0.478 e. The molecule has 1 fully saturated rings. The minimum atomic E-state index is -4.86. The summed E-state index contributed by atoms with van der Waals surface area (Å²) in [6.45, 7) is 2.19. The first kappa shape index (κ1) is 15.5. The van der Waals surface area contributed by atoms with E-state index in [-0.39, 0.29) is 11.0 Å². The summed E-state index contributed by atoms with van der Waals surface area (Å²) in [5, 5.41) is 9.21. The molecule has 0 saturated carbocycles. The predicted molar refractivity (Wildman–Crippen MR) is 74.5 cm³/mol. The van der Waals surface area contributed by atoms with Crippen LogP contribution in [0.15, 0.2) is 18.2 Å². The van der Waals surface area contributed by atoms with Gasteiger partial charge in [-0.05, 0) is 18.2 Å². The number of carboxylic acid groups (broad SMARTS) is 1. The average Bonchev–Trinajstić information content (AvgIpc) is 2.53. The summed E-state index contributed by atoms with van der Waals surface area (Å²) in [4.78, 5) is 20.5. The van der Waals surface area contributed by atoms with Gasteiger partial charge in [0, 0.05) is 18.5 Å². The summed E-state index contributed by atoms with van der Waals surface area (Å²) in [7, 11) is 0. The Morgan fingerprint density at radius 1 is 1.22 bits per heavy atom. The number of pyridine rings is 2. The normalized spacial score (nSPS) is 15.9. The van der Waals surface area contributed by atoms with Crippen LogP contribution < -0.4 is 4.90 Å². The molecule has 2 aromatic heterocycles. The van der Waals surface area contributed by atoms with Gasteiger partial charge in [0.1, 0.15) is 5.82 Å². The molecule has 0 unspecified atom stereocenters. The van der Waals surface area contributed by atoms with E-state index in [1.165, 1.54) is 6.07 Å². The van der Waals surface area contributed by atoms with Gasteiger partial charge in [0.15, 0.2) is 11.3 Å². The number of halogens is 3. The van der Waals surface area contributed by atoms with E-state index in [2.05, 4.69) is 9.97 Å². The number of morpholine rings is 1. The van der Waals surface area contributed by atoms with Crippen molar-refractivity contribution in [1.29, 1.82) is 0 Å². The fraction of sp³-hybridized carbons (Fsp3) is 0.357. The third-order valence-corrected chi connectivity index (χ3v) is 3.50. The molecule has 3 heterocycles. The van der Waals surface area contributed by atoms with E-state index in [1.807, 2.05) is 4.90 Å². The lowest BCUT2D eigenvalue weighted by molar-refractivity contribution is -0.141. The molecule has 23 heavy (non-hydrogen) atoms. The smallest absolute Gasteiger partial charge is 0.434 e. The van der Waals surface area contributed by atoms with Crippen molar-refractivity contribution in [1.82, 2.24) is 9.97 Å². The third kappa shape index (κ3) is 3.04. The van der Waals surface area contributed by atoms with Gasteiger partial charge in [0.2, 0.25) is 0 Å². The van der Waals surface area contributed by atoms with Gasteiger partial charge in [-0.1, -0.05) is 0 Å². The molecule has 0 bridgehead atoms. The zero-order chi connectivity index (χ0) is 16.6. The van der Waals surface area contributed by atoms with Crippen molar-refractivity contribution in [3.8, 4) is 0 Å². The molecule has 1 saturated heterocycles. The molecule has 1 N–H and O–H groups in total. The van der Waals surface area contributed by atoms with Crippen LogP contribution in [0.5, 0.6) is 0 Å². The number of fused-ring (bicyclic) bond motifs is 1. The lowest BCUT2D eigenvalue weighted by atomic mass is 10.1. The van der Waals surface area contributed by atoms with E-state index in [0.717, 1.165) is 6.07 Å². The summed E-state index contributed by atoms with van der Waals surface area (Å²) in [6.07, 6.45) is -4.86. The first-order valence-corrected chi connectivity index (χ1v) is 6.81. The molecule has 0 aromatic carbocycles. The highest BCUT2D eigenvalue weighted by Crippen LogP contribution is 2.32. The van der Waals surface area contributed by atoms with E-state index in [0.29, 0.717) is 32.1 Å². The van der Waals surface area contributed by atoms with Crippen molar-refractivity contribution < 1.29 is 27.8 Å². The number of anilines is 1. The van der Waals surface area contributed by atoms with Crippen LogP contribution in [0, 0.1) is 0 Å². The van der Waals surface area contributed by atoms with Crippen LogP contribution in [0.25, 0.3) is 11.0 Å². The van der Waals surface area contributed by atoms with Crippen molar-refractivity contribution in [2.75, 3.05) is 31.2 Å². The Bertz CT molecular complexity index is 758. The zero-order valence-electron chi connectivity index (χ0n) is 11.8. The highest BCUT2D eigenvalue weighted by atomic mass is 19.4. The van der Waals surface area contributed by atoms with Crippen molar-refractivity contribution >= 4 is 22.8 Å². The SMILES string of the molecule is O=C(O)c1cc2ccc(N3CCOCC3)nc2nc1C(F)(F)F. The molecule has 0 aliphatic carbocycles. The van der Waals surface area contributed by atoms with Crippen LogP contribution in [0.4, 0.5) is 19.0 Å². The number of carbonyl (C=O) groups is 1. The number of alkyl halides is 3. The maximum Gasteiger partial charge on any atom is 0.434 e. The van der Waals surface area contributed by atoms with Crippen LogP contribution in [0.1, 0.15) is 16.1 Å². The van der Waals surface area contributed by atoms with Crippen LogP contribution in [0.2, 0.25) is 0 Å². The lowest BCUT2D eigenvalue weighted by Crippen LogP contribution is -2.36. The van der Waals surface area contributed by atoms with Crippen LogP contribution in [-0.2, 0) is 10.9 Å². The number of aromatic carboxylic acids is 1. The Morgan fingerprint density at radius 3 is 2.52 bits per heavy atom. The van der Waals surface area contributed by atoms with Gasteiger partial charge < -0.3 is 14.7 Å². The van der Waals surface area contributed by atoms with Gasteiger partial charge in [-0.2, -0.15) is 13.2 Å². The predicted octanol–water partition coefficient (Wildman–Crippen LogP) is 2.18. The molecule has 6 nitrogen and oxygen atoms in total. The second-order valence-electron chi connectivity index (χ2n) is 5.00. The maximum atomic E-state index is 13.0. The summed E-state index contributed by atoms with van der Waals surface area (Å²) in [5.41, 5.74) is -2.46. The molecule has 2 aromatic rings. The van der Waals surface area contributed by atoms with Crippen molar-refractivity contribution in [2.45, 2.75) is 6.18 Å². The summed E-state index contributed by atoms with van der Waals surface area (Å²) >= 11 is 0. The summed E-state index contributed by atoms with van der Waals surface area (Å²) in [5.74, 6) is -1.19. The highest BCUT2D eigenvalue weighted by molar-refractivity contribution is 5.93. The molecule has 3 rings (SSSR count). The second kappa shape index (κ2) is 5.65. The van der Waals surface area contributed by atoms with Gasteiger partial charge in [0.25, 0.3) is 0 Å². The highest BCUT2D eigenvalue weighted by Gasteiger charge is 2.38. The third-order valence-electron chi connectivity index (χ3n) is 3.50. The van der Waals surface area contributed by atoms with Gasteiger partial charge in [-0.25, -0.2) is 14.8 Å². The molecule has 0 spiro atoms. The first-order valence-electron chi connectivity index (χ1n) is 6.81. The Labute approximate surface area is 128 Å². The molecular weight excluding hydrogens is 315 g/mol. The lowest BCUT2D eigenvalue weighted by Gasteiger charge is -2.27. The largest absolute Gasteiger partial charge is 0.478 e. The fourth-order valence-corrected chi connectivity index (χ4v) is 2.39. The minimum absolute atomic E-state index is 0.133. The van der Waals surface area contributed by atoms with Crippen LogP contribution in [-0.4, -0.2) is 47.3 Å². The van der Waals surface area contributed by atoms with Crippen LogP contribution in [0.3, 0.4) is 0 Å². The van der Waals surface area contributed by atoms with E-state index < -0.39 is 23.4 Å². The van der Waals surface area contributed by atoms with Gasteiger partial charge in [-0.3, -0.25) is 0 Å². The molecule has 0 radical (unpaired) electrons. The van der Waals surface area contributed by atoms with E-state index in [1.54, 1.807) is 6.07 Å². The van der Waals surface area contributed by atoms with Crippen molar-refractivity contribution in [2.24, 2.45) is 0 Å². The quantitative estimate of drug-likeness (QED) is 0.911. The van der Waals surface area contributed by atoms with Crippen molar-refractivity contribution in [3.05, 3.63) is 29.5 Å². The number of aromatic nitrogens is 2. The Hall–Kier alpha value is -2.42. The Kier molecular flexibility index (Phi) is 3.80. The zero-order valence-corrected chi connectivity index (χ0v) is 11.8. The molecule has 1 aliphatic heterocycles. The molecule has 0 amide bonds. The first-order chi connectivity index (χ1) is 10.9. The van der Waals surface area contributed by atoms with E-state index in [9.17, 15) is 18.0 Å². The molecule has 9 heteroatoms. The fourth-order valence-electron chi connectivity index (χ4n) is 2.39. The maximum absolute atomic E-state index is 13.0. The molecule has 122 valence electrons. The Morgan fingerprint density at radius 2 is 1.91 bits per heavy atom. The number of rotatable bonds is 2. The Balaban J connectivity index is 2.11. The number of hydrogen-bond donors (Lipinski definition) is 1. The number of ether oxygens (including phenoxy) is 1.